The molecule has 0 amide bonds. The summed E-state index contributed by atoms with van der Waals surface area (Å²) >= 11 is 0. The highest BCUT2D eigenvalue weighted by Gasteiger charge is 2.20. The lowest BCUT2D eigenvalue weighted by molar-refractivity contribution is 0.0525. The monoisotopic (exact) mass is 381 g/mol. The zero-order valence-corrected chi connectivity index (χ0v) is 16.2. The second kappa shape index (κ2) is 9.96. The van der Waals surface area contributed by atoms with Crippen LogP contribution < -0.4 is 10.6 Å². The van der Waals surface area contributed by atoms with Crippen molar-refractivity contribution in [1.29, 1.82) is 0 Å². The number of hydrogen-bond donors (Lipinski definition) is 1. The molecule has 148 valence electrons. The van der Waals surface area contributed by atoms with E-state index in [0.717, 1.165) is 38.3 Å². The van der Waals surface area contributed by atoms with Gasteiger partial charge in [0.1, 0.15) is 0 Å². The summed E-state index contributed by atoms with van der Waals surface area (Å²) in [5, 5.41) is 0. The van der Waals surface area contributed by atoms with E-state index in [4.69, 9.17) is 10.5 Å². The molecule has 0 saturated carbocycles. The van der Waals surface area contributed by atoms with Crippen molar-refractivity contribution in [1.82, 2.24) is 14.9 Å². The molecule has 1 fully saturated rings. The van der Waals surface area contributed by atoms with Gasteiger partial charge in [0.15, 0.2) is 0 Å². The lowest BCUT2D eigenvalue weighted by atomic mass is 10.1. The standard InChI is InChI=1S/C21H27N5O2/c1-2-28-20(27)18-14-23-21(24-15-18)26-12-10-25(11-13-26)16-19(22)9-8-17-6-4-3-5-7-17/h3-9,14-15,19H,2,10-13,16,22H2,1H3/b9-8+. The van der Waals surface area contributed by atoms with Crippen LogP contribution in [0.2, 0.25) is 0 Å². The van der Waals surface area contributed by atoms with Crippen LogP contribution in [0.5, 0.6) is 0 Å². The molecule has 1 aromatic heterocycles. The highest BCUT2D eigenvalue weighted by Crippen LogP contribution is 2.12. The Hall–Kier alpha value is -2.77. The molecule has 1 saturated heterocycles. The topological polar surface area (TPSA) is 84.6 Å². The Morgan fingerprint density at radius 3 is 2.50 bits per heavy atom. The predicted molar refractivity (Wildman–Crippen MR) is 110 cm³/mol. The summed E-state index contributed by atoms with van der Waals surface area (Å²) in [4.78, 5) is 24.8. The lowest BCUT2D eigenvalue weighted by Gasteiger charge is -2.35. The Morgan fingerprint density at radius 2 is 1.86 bits per heavy atom. The number of piperazine rings is 1. The number of hydrogen-bond acceptors (Lipinski definition) is 7. The van der Waals surface area contributed by atoms with Gasteiger partial charge in [-0.1, -0.05) is 42.5 Å². The van der Waals surface area contributed by atoms with Gasteiger partial charge in [-0.3, -0.25) is 4.90 Å². The van der Waals surface area contributed by atoms with Gasteiger partial charge in [-0.25, -0.2) is 14.8 Å². The average molecular weight is 381 g/mol. The SMILES string of the molecule is CCOC(=O)c1cnc(N2CCN(CC(N)/C=C/c3ccccc3)CC2)nc1. The molecule has 7 heteroatoms. The van der Waals surface area contributed by atoms with Crippen molar-refractivity contribution in [2.45, 2.75) is 13.0 Å². The Kier molecular flexibility index (Phi) is 7.11. The largest absolute Gasteiger partial charge is 0.462 e. The Morgan fingerprint density at radius 1 is 1.18 bits per heavy atom. The van der Waals surface area contributed by atoms with Crippen molar-refractivity contribution >= 4 is 18.0 Å². The molecule has 1 atom stereocenters. The van der Waals surface area contributed by atoms with E-state index in [0.29, 0.717) is 18.1 Å². The maximum Gasteiger partial charge on any atom is 0.341 e. The normalized spacial score (nSPS) is 16.3. The summed E-state index contributed by atoms with van der Waals surface area (Å²) in [7, 11) is 0. The van der Waals surface area contributed by atoms with E-state index in [9.17, 15) is 4.79 Å². The van der Waals surface area contributed by atoms with Crippen molar-refractivity contribution in [2.75, 3.05) is 44.2 Å². The summed E-state index contributed by atoms with van der Waals surface area (Å²) in [5.74, 6) is 0.248. The molecular formula is C21H27N5O2. The van der Waals surface area contributed by atoms with Crippen molar-refractivity contribution in [3.63, 3.8) is 0 Å². The number of carbonyl (C=O) groups is 1. The molecular weight excluding hydrogens is 354 g/mol. The highest BCUT2D eigenvalue weighted by molar-refractivity contribution is 5.88. The van der Waals surface area contributed by atoms with E-state index in [-0.39, 0.29) is 6.04 Å². The van der Waals surface area contributed by atoms with Crippen LogP contribution in [0.15, 0.2) is 48.8 Å². The van der Waals surface area contributed by atoms with Gasteiger partial charge in [0, 0.05) is 51.2 Å². The second-order valence-electron chi connectivity index (χ2n) is 6.71. The first-order chi connectivity index (χ1) is 13.7. The number of benzene rings is 1. The van der Waals surface area contributed by atoms with Gasteiger partial charge in [-0.15, -0.1) is 0 Å². The summed E-state index contributed by atoms with van der Waals surface area (Å²) in [5.41, 5.74) is 7.79. The number of rotatable bonds is 7. The van der Waals surface area contributed by atoms with E-state index >= 15 is 0 Å². The van der Waals surface area contributed by atoms with Crippen LogP contribution in [0.3, 0.4) is 0 Å². The number of carbonyl (C=O) groups excluding carboxylic acids is 1. The first-order valence-corrected chi connectivity index (χ1v) is 9.61. The lowest BCUT2D eigenvalue weighted by Crippen LogP contribution is -2.50. The molecule has 2 N–H and O–H groups in total. The second-order valence-corrected chi connectivity index (χ2v) is 6.71. The van der Waals surface area contributed by atoms with E-state index in [1.165, 1.54) is 12.4 Å². The van der Waals surface area contributed by atoms with Gasteiger partial charge in [-0.2, -0.15) is 0 Å². The maximum atomic E-state index is 11.7. The summed E-state index contributed by atoms with van der Waals surface area (Å²) in [6.45, 7) is 6.38. The third-order valence-corrected chi connectivity index (χ3v) is 4.61. The van der Waals surface area contributed by atoms with Gasteiger partial charge in [0.05, 0.1) is 12.2 Å². The van der Waals surface area contributed by atoms with E-state index in [1.54, 1.807) is 6.92 Å². The van der Waals surface area contributed by atoms with Crippen molar-refractivity contribution < 1.29 is 9.53 Å². The molecule has 0 bridgehead atoms. The molecule has 1 aromatic carbocycles. The molecule has 28 heavy (non-hydrogen) atoms. The zero-order chi connectivity index (χ0) is 19.8. The minimum atomic E-state index is -0.392. The number of anilines is 1. The van der Waals surface area contributed by atoms with Gasteiger partial charge in [0.25, 0.3) is 0 Å². The molecule has 2 aromatic rings. The third-order valence-electron chi connectivity index (χ3n) is 4.61. The van der Waals surface area contributed by atoms with E-state index in [2.05, 4.69) is 44.1 Å². The Labute approximate surface area is 165 Å². The number of nitrogens with two attached hydrogens (primary N) is 1. The highest BCUT2D eigenvalue weighted by atomic mass is 16.5. The van der Waals surface area contributed by atoms with Crippen molar-refractivity contribution in [2.24, 2.45) is 5.73 Å². The third kappa shape index (κ3) is 5.61. The average Bonchev–Trinajstić information content (AvgIpc) is 2.74. The van der Waals surface area contributed by atoms with Crippen molar-refractivity contribution in [3.05, 3.63) is 59.9 Å². The van der Waals surface area contributed by atoms with Gasteiger partial charge in [0.2, 0.25) is 5.95 Å². The molecule has 2 heterocycles. The number of esters is 1. The van der Waals surface area contributed by atoms with Crippen LogP contribution in [-0.4, -0.2) is 66.2 Å². The van der Waals surface area contributed by atoms with Gasteiger partial charge < -0.3 is 15.4 Å². The fourth-order valence-electron chi connectivity index (χ4n) is 3.09. The minimum Gasteiger partial charge on any atom is -0.462 e. The number of ether oxygens (including phenoxy) is 1. The van der Waals surface area contributed by atoms with Gasteiger partial charge in [-0.05, 0) is 12.5 Å². The molecule has 1 unspecified atom stereocenters. The molecule has 1 aliphatic heterocycles. The quantitative estimate of drug-likeness (QED) is 0.732. The van der Waals surface area contributed by atoms with Crippen LogP contribution in [0.25, 0.3) is 6.08 Å². The van der Waals surface area contributed by atoms with Gasteiger partial charge >= 0.3 is 5.97 Å². The van der Waals surface area contributed by atoms with Crippen LogP contribution in [0.1, 0.15) is 22.8 Å². The zero-order valence-electron chi connectivity index (χ0n) is 16.2. The fraction of sp³-hybridized carbons (Fsp3) is 0.381. The minimum absolute atomic E-state index is 0.00753. The van der Waals surface area contributed by atoms with Crippen LogP contribution >= 0.6 is 0 Å². The molecule has 7 nitrogen and oxygen atoms in total. The smallest absolute Gasteiger partial charge is 0.341 e. The molecule has 0 aliphatic carbocycles. The molecule has 0 spiro atoms. The number of aromatic nitrogens is 2. The first kappa shape index (κ1) is 20.0. The summed E-state index contributed by atoms with van der Waals surface area (Å²) in [6.07, 6.45) is 7.17. The Bertz CT molecular complexity index is 771. The molecule has 3 rings (SSSR count). The fourth-order valence-corrected chi connectivity index (χ4v) is 3.09. The predicted octanol–water partition coefficient (Wildman–Crippen LogP) is 1.82. The first-order valence-electron chi connectivity index (χ1n) is 9.61. The molecule has 1 aliphatic rings. The summed E-state index contributed by atoms with van der Waals surface area (Å²) in [6, 6.07) is 10.2. The Balaban J connectivity index is 1.46. The summed E-state index contributed by atoms with van der Waals surface area (Å²) < 4.78 is 4.96. The maximum absolute atomic E-state index is 11.7. The van der Waals surface area contributed by atoms with Crippen LogP contribution in [-0.2, 0) is 4.74 Å². The molecule has 0 radical (unpaired) electrons. The van der Waals surface area contributed by atoms with E-state index in [1.807, 2.05) is 18.2 Å². The van der Waals surface area contributed by atoms with E-state index < -0.39 is 5.97 Å². The number of nitrogens with zero attached hydrogens (tertiary/aromatic N) is 4. The van der Waals surface area contributed by atoms with Crippen molar-refractivity contribution in [3.8, 4) is 0 Å². The van der Waals surface area contributed by atoms with Crippen LogP contribution in [0, 0.1) is 0 Å². The van der Waals surface area contributed by atoms with Crippen LogP contribution in [0.4, 0.5) is 5.95 Å².